The van der Waals surface area contributed by atoms with Crippen molar-refractivity contribution >= 4 is 5.97 Å². The average molecular weight is 401 g/mol. The monoisotopic (exact) mass is 400 g/mol. The first-order chi connectivity index (χ1) is 13.8. The van der Waals surface area contributed by atoms with Gasteiger partial charge in [-0.2, -0.15) is 0 Å². The van der Waals surface area contributed by atoms with Gasteiger partial charge in [0.25, 0.3) is 0 Å². The van der Waals surface area contributed by atoms with E-state index in [9.17, 15) is 4.79 Å². The second-order valence-corrected chi connectivity index (χ2v) is 11.8. The van der Waals surface area contributed by atoms with Crippen LogP contribution in [-0.4, -0.2) is 11.1 Å². The van der Waals surface area contributed by atoms with Crippen LogP contribution in [0, 0.1) is 46.3 Å². The molecule has 0 unspecified atom stereocenters. The standard InChI is InChI=1S/C27H44O2/c1-18(8-7-9-19(2)25(28)29)22-13-14-23-21-12-11-20-10-5-6-16-26(20,3)24(21)15-17-27(22,23)4/h11,18-19,21-24H,5-10,12-17H2,1-4H3,(H,28,29)/t18-,19-,21+,22-,23+,24+,26+,27-/m1/s1. The molecule has 0 aromatic carbocycles. The van der Waals surface area contributed by atoms with Crippen LogP contribution >= 0.6 is 0 Å². The number of fused-ring (bicyclic) bond motifs is 5. The molecule has 0 heterocycles. The van der Waals surface area contributed by atoms with Gasteiger partial charge >= 0.3 is 5.97 Å². The maximum absolute atomic E-state index is 11.1. The van der Waals surface area contributed by atoms with E-state index in [4.69, 9.17) is 5.11 Å². The van der Waals surface area contributed by atoms with E-state index in [1.807, 2.05) is 12.5 Å². The van der Waals surface area contributed by atoms with Gasteiger partial charge in [0.2, 0.25) is 0 Å². The van der Waals surface area contributed by atoms with Crippen LogP contribution in [0.2, 0.25) is 0 Å². The molecule has 0 spiro atoms. The lowest BCUT2D eigenvalue weighted by Gasteiger charge is -2.58. The number of hydrogen-bond donors (Lipinski definition) is 1. The highest BCUT2D eigenvalue weighted by atomic mass is 16.4. The molecule has 29 heavy (non-hydrogen) atoms. The zero-order chi connectivity index (χ0) is 20.8. The van der Waals surface area contributed by atoms with Crippen molar-refractivity contribution in [1.82, 2.24) is 0 Å². The van der Waals surface area contributed by atoms with Crippen LogP contribution in [0.3, 0.4) is 0 Å². The Morgan fingerprint density at radius 1 is 1.10 bits per heavy atom. The van der Waals surface area contributed by atoms with Crippen molar-refractivity contribution in [2.75, 3.05) is 0 Å². The summed E-state index contributed by atoms with van der Waals surface area (Å²) in [5.74, 6) is 3.54. The Balaban J connectivity index is 1.44. The molecule has 0 bridgehead atoms. The minimum absolute atomic E-state index is 0.191. The minimum Gasteiger partial charge on any atom is -0.481 e. The highest BCUT2D eigenvalue weighted by Crippen LogP contribution is 2.67. The summed E-state index contributed by atoms with van der Waals surface area (Å²) in [5, 5.41) is 9.16. The van der Waals surface area contributed by atoms with Gasteiger partial charge in [0.1, 0.15) is 0 Å². The number of aliphatic carboxylic acids is 1. The third-order valence-electron chi connectivity index (χ3n) is 10.5. The minimum atomic E-state index is -0.634. The third kappa shape index (κ3) is 3.61. The van der Waals surface area contributed by atoms with Crippen LogP contribution in [0.4, 0.5) is 0 Å². The van der Waals surface area contributed by atoms with Gasteiger partial charge in [0, 0.05) is 0 Å². The fourth-order valence-corrected chi connectivity index (χ4v) is 8.74. The van der Waals surface area contributed by atoms with Crippen LogP contribution in [0.15, 0.2) is 11.6 Å². The Morgan fingerprint density at radius 3 is 2.66 bits per heavy atom. The summed E-state index contributed by atoms with van der Waals surface area (Å²) in [5.41, 5.74) is 2.86. The summed E-state index contributed by atoms with van der Waals surface area (Å²) in [7, 11) is 0. The summed E-state index contributed by atoms with van der Waals surface area (Å²) in [6, 6.07) is 0. The van der Waals surface area contributed by atoms with E-state index in [2.05, 4.69) is 26.8 Å². The van der Waals surface area contributed by atoms with Gasteiger partial charge in [-0.25, -0.2) is 0 Å². The Morgan fingerprint density at radius 2 is 1.90 bits per heavy atom. The zero-order valence-corrected chi connectivity index (χ0v) is 19.4. The third-order valence-corrected chi connectivity index (χ3v) is 10.5. The summed E-state index contributed by atoms with van der Waals surface area (Å²) >= 11 is 0. The van der Waals surface area contributed by atoms with Crippen LogP contribution in [0.25, 0.3) is 0 Å². The summed E-state index contributed by atoms with van der Waals surface area (Å²) in [6.07, 6.45) is 18.6. The normalized spacial score (nSPS) is 43.5. The Kier molecular flexibility index (Phi) is 5.95. The maximum Gasteiger partial charge on any atom is 0.306 e. The smallest absolute Gasteiger partial charge is 0.306 e. The highest BCUT2D eigenvalue weighted by Gasteiger charge is 2.58. The molecule has 0 aromatic heterocycles. The number of carbonyl (C=O) groups is 1. The molecule has 8 atom stereocenters. The molecule has 2 heteroatoms. The molecule has 1 N–H and O–H groups in total. The van der Waals surface area contributed by atoms with Crippen molar-refractivity contribution in [3.05, 3.63) is 11.6 Å². The number of carboxylic acids is 1. The molecule has 0 radical (unpaired) electrons. The zero-order valence-electron chi connectivity index (χ0n) is 19.4. The van der Waals surface area contributed by atoms with E-state index in [0.29, 0.717) is 10.8 Å². The first kappa shape index (κ1) is 21.4. The second-order valence-electron chi connectivity index (χ2n) is 11.8. The maximum atomic E-state index is 11.1. The van der Waals surface area contributed by atoms with Gasteiger partial charge in [-0.05, 0) is 98.2 Å². The molecule has 0 aliphatic heterocycles. The first-order valence-corrected chi connectivity index (χ1v) is 12.7. The molecule has 4 aliphatic rings. The lowest BCUT2D eigenvalue weighted by atomic mass is 9.47. The lowest BCUT2D eigenvalue weighted by molar-refractivity contribution is -0.141. The van der Waals surface area contributed by atoms with Crippen molar-refractivity contribution in [3.63, 3.8) is 0 Å². The SMILES string of the molecule is C[C@H](CCC[C@@H](C)[C@H]1CC[C@H]2[C@@H]3CC=C4CCCC[C@]4(C)[C@H]3CC[C@]12C)C(=O)O. The first-order valence-electron chi connectivity index (χ1n) is 12.7. The topological polar surface area (TPSA) is 37.3 Å². The molecule has 0 aromatic rings. The number of allylic oxidation sites excluding steroid dienone is 2. The van der Waals surface area contributed by atoms with Gasteiger partial charge in [-0.15, -0.1) is 0 Å². The predicted octanol–water partition coefficient (Wildman–Crippen LogP) is 7.48. The molecule has 4 rings (SSSR count). The van der Waals surface area contributed by atoms with E-state index >= 15 is 0 Å². The average Bonchev–Trinajstić information content (AvgIpc) is 3.04. The Labute approximate surface area is 178 Å². The van der Waals surface area contributed by atoms with Crippen molar-refractivity contribution in [3.8, 4) is 0 Å². The molecular formula is C27H44O2. The lowest BCUT2D eigenvalue weighted by Crippen LogP contribution is -2.50. The molecule has 0 saturated heterocycles. The van der Waals surface area contributed by atoms with Crippen molar-refractivity contribution in [1.29, 1.82) is 0 Å². The molecule has 2 nitrogen and oxygen atoms in total. The summed E-state index contributed by atoms with van der Waals surface area (Å²) < 4.78 is 0. The van der Waals surface area contributed by atoms with Gasteiger partial charge in [0.05, 0.1) is 5.92 Å². The van der Waals surface area contributed by atoms with E-state index in [1.165, 1.54) is 64.2 Å². The fraction of sp³-hybridized carbons (Fsp3) is 0.889. The Bertz CT molecular complexity index is 651. The van der Waals surface area contributed by atoms with Gasteiger partial charge in [-0.1, -0.05) is 58.6 Å². The van der Waals surface area contributed by atoms with Crippen molar-refractivity contribution < 1.29 is 9.90 Å². The van der Waals surface area contributed by atoms with Crippen molar-refractivity contribution in [2.24, 2.45) is 46.3 Å². The molecule has 0 amide bonds. The second kappa shape index (κ2) is 8.04. The van der Waals surface area contributed by atoms with Crippen LogP contribution in [0.5, 0.6) is 0 Å². The molecular weight excluding hydrogens is 356 g/mol. The fourth-order valence-electron chi connectivity index (χ4n) is 8.74. The molecule has 4 aliphatic carbocycles. The molecule has 3 saturated carbocycles. The van der Waals surface area contributed by atoms with Crippen LogP contribution < -0.4 is 0 Å². The van der Waals surface area contributed by atoms with Crippen LogP contribution in [-0.2, 0) is 4.79 Å². The summed E-state index contributed by atoms with van der Waals surface area (Å²) in [6.45, 7) is 9.59. The van der Waals surface area contributed by atoms with E-state index in [-0.39, 0.29) is 5.92 Å². The Hall–Kier alpha value is -0.790. The predicted molar refractivity (Wildman–Crippen MR) is 120 cm³/mol. The molecule has 3 fully saturated rings. The number of hydrogen-bond acceptors (Lipinski definition) is 1. The van der Waals surface area contributed by atoms with E-state index in [0.717, 1.165) is 42.4 Å². The number of rotatable bonds is 6. The van der Waals surface area contributed by atoms with E-state index < -0.39 is 5.97 Å². The molecule has 164 valence electrons. The van der Waals surface area contributed by atoms with E-state index in [1.54, 1.807) is 0 Å². The van der Waals surface area contributed by atoms with Gasteiger partial charge < -0.3 is 5.11 Å². The highest BCUT2D eigenvalue weighted by molar-refractivity contribution is 5.69. The van der Waals surface area contributed by atoms with Gasteiger partial charge in [0.15, 0.2) is 0 Å². The quantitative estimate of drug-likeness (QED) is 0.469. The summed E-state index contributed by atoms with van der Waals surface area (Å²) in [4.78, 5) is 11.1. The van der Waals surface area contributed by atoms with Crippen molar-refractivity contribution in [2.45, 2.75) is 105 Å². The number of carboxylic acid groups (broad SMARTS) is 1. The van der Waals surface area contributed by atoms with Gasteiger partial charge in [-0.3, -0.25) is 4.79 Å². The van der Waals surface area contributed by atoms with Crippen LogP contribution in [0.1, 0.15) is 105 Å². The largest absolute Gasteiger partial charge is 0.481 e.